The van der Waals surface area contributed by atoms with Crippen molar-refractivity contribution in [3.05, 3.63) is 53.6 Å². The molecule has 1 saturated heterocycles. The highest BCUT2D eigenvalue weighted by molar-refractivity contribution is 7.89. The number of ether oxygens (including phenoxy) is 1. The molecule has 0 unspecified atom stereocenters. The zero-order valence-electron chi connectivity index (χ0n) is 16.1. The van der Waals surface area contributed by atoms with Crippen LogP contribution in [0.4, 0.5) is 11.4 Å². The number of nitrogens with one attached hydrogen (secondary N) is 2. The fourth-order valence-electron chi connectivity index (χ4n) is 3.06. The molecular weight excluding hydrogens is 378 g/mol. The van der Waals surface area contributed by atoms with E-state index in [9.17, 15) is 13.2 Å². The van der Waals surface area contributed by atoms with Crippen LogP contribution in [0.15, 0.2) is 47.4 Å². The molecule has 1 aliphatic rings. The number of anilines is 2. The SMILES string of the molecule is CCNS(=O)(=O)c1ccc(C)c(C(=O)Nc2ccc(N3CCOCC3)cc2)c1. The number of hydrogen-bond donors (Lipinski definition) is 2. The summed E-state index contributed by atoms with van der Waals surface area (Å²) in [5.74, 6) is -0.342. The first-order chi connectivity index (χ1) is 13.4. The first-order valence-corrected chi connectivity index (χ1v) is 10.7. The summed E-state index contributed by atoms with van der Waals surface area (Å²) in [6.45, 7) is 6.89. The monoisotopic (exact) mass is 403 g/mol. The molecule has 0 atom stereocenters. The van der Waals surface area contributed by atoms with Gasteiger partial charge < -0.3 is 15.0 Å². The minimum atomic E-state index is -3.62. The fourth-order valence-corrected chi connectivity index (χ4v) is 4.13. The fraction of sp³-hybridized carbons (Fsp3) is 0.350. The molecule has 8 heteroatoms. The molecule has 0 radical (unpaired) electrons. The standard InChI is InChI=1S/C20H25N3O4S/c1-3-21-28(25,26)18-9-4-15(2)19(14-18)20(24)22-16-5-7-17(8-6-16)23-10-12-27-13-11-23/h4-9,14,21H,3,10-13H2,1-2H3,(H,22,24). The van der Waals surface area contributed by atoms with Gasteiger partial charge in [-0.1, -0.05) is 13.0 Å². The van der Waals surface area contributed by atoms with Gasteiger partial charge in [0.05, 0.1) is 18.1 Å². The zero-order chi connectivity index (χ0) is 20.1. The lowest BCUT2D eigenvalue weighted by Crippen LogP contribution is -2.36. The van der Waals surface area contributed by atoms with Crippen molar-refractivity contribution in [1.82, 2.24) is 4.72 Å². The number of hydrogen-bond acceptors (Lipinski definition) is 5. The average molecular weight is 404 g/mol. The van der Waals surface area contributed by atoms with Crippen molar-refractivity contribution in [3.63, 3.8) is 0 Å². The van der Waals surface area contributed by atoms with Crippen LogP contribution in [0.2, 0.25) is 0 Å². The molecule has 1 aliphatic heterocycles. The number of sulfonamides is 1. The predicted molar refractivity (Wildman–Crippen MR) is 109 cm³/mol. The van der Waals surface area contributed by atoms with Crippen molar-refractivity contribution in [2.24, 2.45) is 0 Å². The van der Waals surface area contributed by atoms with Crippen LogP contribution in [0.3, 0.4) is 0 Å². The topological polar surface area (TPSA) is 87.7 Å². The van der Waals surface area contributed by atoms with Crippen LogP contribution in [0.25, 0.3) is 0 Å². The number of morpholine rings is 1. The molecule has 1 amide bonds. The Morgan fingerprint density at radius 3 is 2.43 bits per heavy atom. The van der Waals surface area contributed by atoms with Crippen LogP contribution < -0.4 is 14.9 Å². The number of aryl methyl sites for hydroxylation is 1. The Labute approximate surface area is 165 Å². The second-order valence-corrected chi connectivity index (χ2v) is 8.35. The third-order valence-electron chi connectivity index (χ3n) is 4.60. The van der Waals surface area contributed by atoms with Crippen molar-refractivity contribution in [2.45, 2.75) is 18.7 Å². The summed E-state index contributed by atoms with van der Waals surface area (Å²) in [5.41, 5.74) is 2.77. The number of benzene rings is 2. The van der Waals surface area contributed by atoms with Crippen LogP contribution in [0.1, 0.15) is 22.8 Å². The molecular formula is C20H25N3O4S. The zero-order valence-corrected chi connectivity index (χ0v) is 16.9. The summed E-state index contributed by atoms with van der Waals surface area (Å²) in [6, 6.07) is 12.2. The minimum absolute atomic E-state index is 0.0766. The van der Waals surface area contributed by atoms with E-state index in [0.29, 0.717) is 30.0 Å². The van der Waals surface area contributed by atoms with Crippen LogP contribution in [-0.4, -0.2) is 47.2 Å². The Morgan fingerprint density at radius 2 is 1.79 bits per heavy atom. The molecule has 0 aliphatic carbocycles. The molecule has 0 spiro atoms. The lowest BCUT2D eigenvalue weighted by Gasteiger charge is -2.28. The highest BCUT2D eigenvalue weighted by atomic mass is 32.2. The lowest BCUT2D eigenvalue weighted by atomic mass is 10.1. The number of nitrogens with zero attached hydrogens (tertiary/aromatic N) is 1. The highest BCUT2D eigenvalue weighted by Gasteiger charge is 2.18. The molecule has 1 heterocycles. The van der Waals surface area contributed by atoms with Crippen molar-refractivity contribution in [3.8, 4) is 0 Å². The number of carbonyl (C=O) groups excluding carboxylic acids is 1. The van der Waals surface area contributed by atoms with Crippen molar-refractivity contribution >= 4 is 27.3 Å². The molecule has 0 aromatic heterocycles. The maximum Gasteiger partial charge on any atom is 0.255 e. The van der Waals surface area contributed by atoms with E-state index in [0.717, 1.165) is 18.8 Å². The molecule has 2 aromatic rings. The van der Waals surface area contributed by atoms with E-state index in [1.165, 1.54) is 12.1 Å². The molecule has 150 valence electrons. The first-order valence-electron chi connectivity index (χ1n) is 9.25. The number of amides is 1. The largest absolute Gasteiger partial charge is 0.378 e. The molecule has 0 saturated carbocycles. The quantitative estimate of drug-likeness (QED) is 0.773. The molecule has 2 aromatic carbocycles. The van der Waals surface area contributed by atoms with E-state index >= 15 is 0 Å². The maximum absolute atomic E-state index is 12.7. The van der Waals surface area contributed by atoms with E-state index in [4.69, 9.17) is 4.74 Å². The summed E-state index contributed by atoms with van der Waals surface area (Å²) >= 11 is 0. The number of rotatable bonds is 6. The van der Waals surface area contributed by atoms with Gasteiger partial charge >= 0.3 is 0 Å². The molecule has 0 bridgehead atoms. The Hall–Kier alpha value is -2.42. The summed E-state index contributed by atoms with van der Waals surface area (Å²) in [5, 5.41) is 2.84. The van der Waals surface area contributed by atoms with Crippen LogP contribution >= 0.6 is 0 Å². The van der Waals surface area contributed by atoms with Gasteiger partial charge in [-0.05, 0) is 48.9 Å². The van der Waals surface area contributed by atoms with Crippen molar-refractivity contribution < 1.29 is 17.9 Å². The van der Waals surface area contributed by atoms with Gasteiger partial charge in [0.2, 0.25) is 10.0 Å². The lowest BCUT2D eigenvalue weighted by molar-refractivity contribution is 0.102. The second-order valence-electron chi connectivity index (χ2n) is 6.58. The summed E-state index contributed by atoms with van der Waals surface area (Å²) in [6.07, 6.45) is 0. The Balaban J connectivity index is 1.75. The highest BCUT2D eigenvalue weighted by Crippen LogP contribution is 2.21. The summed E-state index contributed by atoms with van der Waals surface area (Å²) in [4.78, 5) is 15.0. The van der Waals surface area contributed by atoms with E-state index in [-0.39, 0.29) is 17.3 Å². The van der Waals surface area contributed by atoms with Gasteiger partial charge in [-0.15, -0.1) is 0 Å². The molecule has 7 nitrogen and oxygen atoms in total. The third kappa shape index (κ3) is 4.70. The van der Waals surface area contributed by atoms with Gasteiger partial charge in [-0.2, -0.15) is 0 Å². The van der Waals surface area contributed by atoms with Gasteiger partial charge in [0.25, 0.3) is 5.91 Å². The molecule has 1 fully saturated rings. The van der Waals surface area contributed by atoms with Crippen LogP contribution in [-0.2, 0) is 14.8 Å². The third-order valence-corrected chi connectivity index (χ3v) is 6.14. The Kier molecular flexibility index (Phi) is 6.33. The van der Waals surface area contributed by atoms with Gasteiger partial charge in [0, 0.05) is 36.6 Å². The predicted octanol–water partition coefficient (Wildman–Crippen LogP) is 2.38. The van der Waals surface area contributed by atoms with Gasteiger partial charge in [0.1, 0.15) is 0 Å². The van der Waals surface area contributed by atoms with Gasteiger partial charge in [-0.3, -0.25) is 4.79 Å². The normalized spacial score (nSPS) is 14.7. The second kappa shape index (κ2) is 8.72. The van der Waals surface area contributed by atoms with Gasteiger partial charge in [-0.25, -0.2) is 13.1 Å². The molecule has 28 heavy (non-hydrogen) atoms. The van der Waals surface area contributed by atoms with Crippen LogP contribution in [0, 0.1) is 6.92 Å². The maximum atomic E-state index is 12.7. The Bertz CT molecular complexity index is 936. The average Bonchev–Trinajstić information content (AvgIpc) is 2.69. The van der Waals surface area contributed by atoms with Crippen molar-refractivity contribution in [2.75, 3.05) is 43.1 Å². The van der Waals surface area contributed by atoms with E-state index in [2.05, 4.69) is 14.9 Å². The Morgan fingerprint density at radius 1 is 1.11 bits per heavy atom. The first kappa shape index (κ1) is 20.3. The van der Waals surface area contributed by atoms with Crippen molar-refractivity contribution in [1.29, 1.82) is 0 Å². The smallest absolute Gasteiger partial charge is 0.255 e. The van der Waals surface area contributed by atoms with Crippen LogP contribution in [0.5, 0.6) is 0 Å². The van der Waals surface area contributed by atoms with E-state index < -0.39 is 10.0 Å². The van der Waals surface area contributed by atoms with E-state index in [1.54, 1.807) is 19.9 Å². The minimum Gasteiger partial charge on any atom is -0.378 e. The van der Waals surface area contributed by atoms with E-state index in [1.807, 2.05) is 24.3 Å². The molecule has 2 N–H and O–H groups in total. The van der Waals surface area contributed by atoms with Gasteiger partial charge in [0.15, 0.2) is 0 Å². The summed E-state index contributed by atoms with van der Waals surface area (Å²) in [7, 11) is -3.62. The number of carbonyl (C=O) groups is 1. The summed E-state index contributed by atoms with van der Waals surface area (Å²) < 4.78 is 32.2. The molecule has 3 rings (SSSR count).